The van der Waals surface area contributed by atoms with E-state index in [4.69, 9.17) is 11.6 Å². The Labute approximate surface area is 119 Å². The molecule has 20 heavy (non-hydrogen) atoms. The molecule has 6 nitrogen and oxygen atoms in total. The van der Waals surface area contributed by atoms with E-state index < -0.39 is 10.8 Å². The fraction of sp³-hybridized carbons (Fsp3) is 0.0769. The molecule has 0 atom stereocenters. The SMILES string of the molecule is O=C(NCc1ccccn1)c1ccc(Cl)cc1[N+](=O)[O-]. The first-order chi connectivity index (χ1) is 9.58. The van der Waals surface area contributed by atoms with Crippen molar-refractivity contribution in [2.45, 2.75) is 6.54 Å². The van der Waals surface area contributed by atoms with Crippen LogP contribution in [0.15, 0.2) is 42.6 Å². The molecule has 0 aliphatic heterocycles. The van der Waals surface area contributed by atoms with Crippen LogP contribution in [0.5, 0.6) is 0 Å². The lowest BCUT2D eigenvalue weighted by Crippen LogP contribution is -2.24. The van der Waals surface area contributed by atoms with Gasteiger partial charge in [0.2, 0.25) is 0 Å². The molecule has 1 amide bonds. The van der Waals surface area contributed by atoms with Crippen LogP contribution in [0.3, 0.4) is 0 Å². The predicted octanol–water partition coefficient (Wildman–Crippen LogP) is 2.57. The van der Waals surface area contributed by atoms with Crippen LogP contribution in [-0.2, 0) is 6.54 Å². The van der Waals surface area contributed by atoms with E-state index in [1.54, 1.807) is 24.4 Å². The van der Waals surface area contributed by atoms with E-state index in [0.717, 1.165) is 6.07 Å². The van der Waals surface area contributed by atoms with E-state index in [-0.39, 0.29) is 22.8 Å². The van der Waals surface area contributed by atoms with Gasteiger partial charge in [-0.05, 0) is 24.3 Å². The summed E-state index contributed by atoms with van der Waals surface area (Å²) in [4.78, 5) is 26.3. The Morgan fingerprint density at radius 3 is 2.80 bits per heavy atom. The Morgan fingerprint density at radius 2 is 2.15 bits per heavy atom. The van der Waals surface area contributed by atoms with Crippen LogP contribution >= 0.6 is 11.6 Å². The first-order valence-electron chi connectivity index (χ1n) is 5.70. The van der Waals surface area contributed by atoms with Gasteiger partial charge in [-0.2, -0.15) is 0 Å². The number of amides is 1. The highest BCUT2D eigenvalue weighted by Crippen LogP contribution is 2.23. The maximum Gasteiger partial charge on any atom is 0.283 e. The number of pyridine rings is 1. The van der Waals surface area contributed by atoms with Crippen molar-refractivity contribution in [3.8, 4) is 0 Å². The smallest absolute Gasteiger partial charge is 0.283 e. The van der Waals surface area contributed by atoms with E-state index in [9.17, 15) is 14.9 Å². The molecule has 0 bridgehead atoms. The van der Waals surface area contributed by atoms with Gasteiger partial charge in [0, 0.05) is 17.3 Å². The highest BCUT2D eigenvalue weighted by Gasteiger charge is 2.20. The summed E-state index contributed by atoms with van der Waals surface area (Å²) in [7, 11) is 0. The van der Waals surface area contributed by atoms with Gasteiger partial charge in [-0.3, -0.25) is 19.9 Å². The summed E-state index contributed by atoms with van der Waals surface area (Å²) in [6.07, 6.45) is 1.60. The maximum atomic E-state index is 12.0. The quantitative estimate of drug-likeness (QED) is 0.693. The van der Waals surface area contributed by atoms with Crippen molar-refractivity contribution < 1.29 is 9.72 Å². The molecule has 1 heterocycles. The summed E-state index contributed by atoms with van der Waals surface area (Å²) in [5.74, 6) is -0.543. The van der Waals surface area contributed by atoms with E-state index in [1.807, 2.05) is 0 Å². The zero-order valence-corrected chi connectivity index (χ0v) is 11.0. The molecule has 0 spiro atoms. The molecule has 0 unspecified atom stereocenters. The zero-order valence-electron chi connectivity index (χ0n) is 10.2. The first-order valence-corrected chi connectivity index (χ1v) is 6.08. The summed E-state index contributed by atoms with van der Waals surface area (Å²) in [5, 5.41) is 13.7. The summed E-state index contributed by atoms with van der Waals surface area (Å²) < 4.78 is 0. The number of rotatable bonds is 4. The van der Waals surface area contributed by atoms with Crippen LogP contribution in [0.2, 0.25) is 5.02 Å². The molecule has 2 rings (SSSR count). The minimum absolute atomic E-state index is 0.0321. The maximum absolute atomic E-state index is 12.0. The van der Waals surface area contributed by atoms with Crippen molar-refractivity contribution in [3.63, 3.8) is 0 Å². The number of benzene rings is 1. The number of hydrogen-bond acceptors (Lipinski definition) is 4. The minimum Gasteiger partial charge on any atom is -0.346 e. The molecule has 2 aromatic rings. The van der Waals surface area contributed by atoms with Crippen LogP contribution < -0.4 is 5.32 Å². The second-order valence-corrected chi connectivity index (χ2v) is 4.36. The van der Waals surface area contributed by atoms with Gasteiger partial charge < -0.3 is 5.32 Å². The number of nitrogens with one attached hydrogen (secondary N) is 1. The average molecular weight is 292 g/mol. The molecule has 0 aliphatic rings. The monoisotopic (exact) mass is 291 g/mol. The molecular weight excluding hydrogens is 282 g/mol. The van der Waals surface area contributed by atoms with E-state index in [0.29, 0.717) is 5.69 Å². The van der Waals surface area contributed by atoms with Crippen molar-refractivity contribution in [1.29, 1.82) is 0 Å². The van der Waals surface area contributed by atoms with Gasteiger partial charge in [-0.1, -0.05) is 17.7 Å². The second-order valence-electron chi connectivity index (χ2n) is 3.92. The molecule has 0 radical (unpaired) electrons. The number of hydrogen-bond donors (Lipinski definition) is 1. The van der Waals surface area contributed by atoms with E-state index in [2.05, 4.69) is 10.3 Å². The number of carbonyl (C=O) groups is 1. The lowest BCUT2D eigenvalue weighted by atomic mass is 10.1. The van der Waals surface area contributed by atoms with Crippen LogP contribution in [0.1, 0.15) is 16.1 Å². The molecule has 102 valence electrons. The molecule has 0 saturated carbocycles. The predicted molar refractivity (Wildman–Crippen MR) is 73.5 cm³/mol. The van der Waals surface area contributed by atoms with Gasteiger partial charge in [0.1, 0.15) is 5.56 Å². The highest BCUT2D eigenvalue weighted by atomic mass is 35.5. The first kappa shape index (κ1) is 14.0. The molecule has 1 aromatic heterocycles. The second kappa shape index (κ2) is 6.12. The number of halogens is 1. The molecule has 7 heteroatoms. The van der Waals surface area contributed by atoms with Crippen LogP contribution in [-0.4, -0.2) is 15.8 Å². The molecule has 0 aliphatic carbocycles. The van der Waals surface area contributed by atoms with Gasteiger partial charge in [0.05, 0.1) is 17.2 Å². The van der Waals surface area contributed by atoms with Crippen LogP contribution in [0.25, 0.3) is 0 Å². The minimum atomic E-state index is -0.637. The molecule has 1 aromatic carbocycles. The number of carbonyl (C=O) groups excluding carboxylic acids is 1. The van der Waals surface area contributed by atoms with E-state index in [1.165, 1.54) is 12.1 Å². The third-order valence-electron chi connectivity index (χ3n) is 2.56. The molecule has 0 fully saturated rings. The molecular formula is C13H10ClN3O3. The van der Waals surface area contributed by atoms with Crippen molar-refractivity contribution in [3.05, 3.63) is 69.0 Å². The molecule has 1 N–H and O–H groups in total. The normalized spacial score (nSPS) is 10.1. The Bertz CT molecular complexity index is 647. The summed E-state index contributed by atoms with van der Waals surface area (Å²) >= 11 is 5.69. The Balaban J connectivity index is 2.15. The largest absolute Gasteiger partial charge is 0.346 e. The number of aromatic nitrogens is 1. The van der Waals surface area contributed by atoms with Gasteiger partial charge in [-0.25, -0.2) is 0 Å². The Kier molecular flexibility index (Phi) is 4.27. The topological polar surface area (TPSA) is 85.1 Å². The summed E-state index contributed by atoms with van der Waals surface area (Å²) in [6, 6.07) is 9.21. The Hall–Kier alpha value is -2.47. The van der Waals surface area contributed by atoms with Gasteiger partial charge in [-0.15, -0.1) is 0 Å². The van der Waals surface area contributed by atoms with Gasteiger partial charge in [0.25, 0.3) is 11.6 Å². The molecule has 0 saturated heterocycles. The average Bonchev–Trinajstić information content (AvgIpc) is 2.45. The van der Waals surface area contributed by atoms with Crippen molar-refractivity contribution >= 4 is 23.2 Å². The number of nitro benzene ring substituents is 1. The van der Waals surface area contributed by atoms with Gasteiger partial charge in [0.15, 0.2) is 0 Å². The lowest BCUT2D eigenvalue weighted by Gasteiger charge is -2.05. The lowest BCUT2D eigenvalue weighted by molar-refractivity contribution is -0.385. The number of nitro groups is 1. The van der Waals surface area contributed by atoms with Crippen molar-refractivity contribution in [2.24, 2.45) is 0 Å². The van der Waals surface area contributed by atoms with E-state index >= 15 is 0 Å². The zero-order chi connectivity index (χ0) is 14.5. The highest BCUT2D eigenvalue weighted by molar-refractivity contribution is 6.31. The fourth-order valence-corrected chi connectivity index (χ4v) is 1.78. The summed E-state index contributed by atoms with van der Waals surface area (Å²) in [5.41, 5.74) is 0.309. The summed E-state index contributed by atoms with van der Waals surface area (Å²) in [6.45, 7) is 0.194. The van der Waals surface area contributed by atoms with Crippen molar-refractivity contribution in [1.82, 2.24) is 10.3 Å². The Morgan fingerprint density at radius 1 is 1.35 bits per heavy atom. The van der Waals surface area contributed by atoms with Crippen LogP contribution in [0, 0.1) is 10.1 Å². The van der Waals surface area contributed by atoms with Crippen molar-refractivity contribution in [2.75, 3.05) is 0 Å². The standard InChI is InChI=1S/C13H10ClN3O3/c14-9-4-5-11(12(7-9)17(19)20)13(18)16-8-10-3-1-2-6-15-10/h1-7H,8H2,(H,16,18). The fourth-order valence-electron chi connectivity index (χ4n) is 1.62. The van der Waals surface area contributed by atoms with Crippen LogP contribution in [0.4, 0.5) is 5.69 Å². The third-order valence-corrected chi connectivity index (χ3v) is 2.79. The number of nitrogens with zero attached hydrogens (tertiary/aromatic N) is 2. The third kappa shape index (κ3) is 3.30. The van der Waals surface area contributed by atoms with Gasteiger partial charge >= 0.3 is 0 Å².